The maximum absolute atomic E-state index is 14.3. The number of amides is 3. The van der Waals surface area contributed by atoms with Gasteiger partial charge in [0.25, 0.3) is 0 Å². The van der Waals surface area contributed by atoms with Crippen molar-refractivity contribution in [3.05, 3.63) is 71.8 Å². The summed E-state index contributed by atoms with van der Waals surface area (Å²) in [5.74, 6) is -2.43. The van der Waals surface area contributed by atoms with Gasteiger partial charge in [-0.2, -0.15) is 0 Å². The standard InChI is InChI=1S/C31H39N3O5/c1-29(2,3)33-27(37)25-31-16-15-30(4,39-31)23(26(36)32-18-21-13-9-6-10-14-21)24(31)28(38)34(25)22(19-35)17-20-11-7-5-8-12-20/h5-14,22-25,35H,15-19H2,1-4H3,(H,32,36)(H,33,37)/t22-,23+,24+,25?,30-,31?/m1/s1. The molecule has 3 fully saturated rings. The van der Waals surface area contributed by atoms with E-state index in [-0.39, 0.29) is 24.3 Å². The van der Waals surface area contributed by atoms with Crippen molar-refractivity contribution in [1.82, 2.24) is 15.5 Å². The summed E-state index contributed by atoms with van der Waals surface area (Å²) in [6.07, 6.45) is 1.44. The van der Waals surface area contributed by atoms with Crippen LogP contribution in [0.4, 0.5) is 0 Å². The third-order valence-corrected chi connectivity index (χ3v) is 8.47. The number of rotatable bonds is 8. The average molecular weight is 534 g/mol. The second-order valence-electron chi connectivity index (χ2n) is 12.4. The first-order chi connectivity index (χ1) is 18.5. The Morgan fingerprint density at radius 3 is 2.23 bits per heavy atom. The second-order valence-corrected chi connectivity index (χ2v) is 12.4. The Balaban J connectivity index is 1.51. The lowest BCUT2D eigenvalue weighted by Crippen LogP contribution is -2.60. The van der Waals surface area contributed by atoms with Crippen LogP contribution in [0.1, 0.15) is 51.7 Å². The van der Waals surface area contributed by atoms with E-state index in [2.05, 4.69) is 10.6 Å². The monoisotopic (exact) mass is 533 g/mol. The first-order valence-electron chi connectivity index (χ1n) is 13.8. The number of ether oxygens (including phenoxy) is 1. The molecule has 0 saturated carbocycles. The van der Waals surface area contributed by atoms with Gasteiger partial charge in [0, 0.05) is 12.1 Å². The Morgan fingerprint density at radius 1 is 1.03 bits per heavy atom. The van der Waals surface area contributed by atoms with Gasteiger partial charge in [-0.15, -0.1) is 0 Å². The number of carbonyl (C=O) groups is 3. The van der Waals surface area contributed by atoms with Gasteiger partial charge in [-0.25, -0.2) is 0 Å². The number of nitrogens with zero attached hydrogens (tertiary/aromatic N) is 1. The van der Waals surface area contributed by atoms with Gasteiger partial charge in [0.05, 0.1) is 30.1 Å². The van der Waals surface area contributed by atoms with E-state index in [4.69, 9.17) is 4.74 Å². The van der Waals surface area contributed by atoms with E-state index >= 15 is 0 Å². The number of likely N-dealkylation sites (tertiary alicyclic amines) is 1. The normalized spacial score (nSPS) is 30.2. The molecule has 6 atom stereocenters. The van der Waals surface area contributed by atoms with Gasteiger partial charge in [0.2, 0.25) is 17.7 Å². The van der Waals surface area contributed by atoms with Crippen molar-refractivity contribution >= 4 is 17.7 Å². The van der Waals surface area contributed by atoms with Crippen molar-refractivity contribution in [2.45, 2.75) is 82.3 Å². The van der Waals surface area contributed by atoms with Gasteiger partial charge in [-0.1, -0.05) is 60.7 Å². The summed E-state index contributed by atoms with van der Waals surface area (Å²) in [5, 5.41) is 16.6. The molecule has 2 bridgehead atoms. The van der Waals surface area contributed by atoms with Crippen molar-refractivity contribution in [2.24, 2.45) is 11.8 Å². The smallest absolute Gasteiger partial charge is 0.246 e. The van der Waals surface area contributed by atoms with Crippen LogP contribution in [0.5, 0.6) is 0 Å². The summed E-state index contributed by atoms with van der Waals surface area (Å²) >= 11 is 0. The van der Waals surface area contributed by atoms with E-state index < -0.39 is 40.7 Å². The summed E-state index contributed by atoms with van der Waals surface area (Å²) in [6.45, 7) is 7.58. The third-order valence-electron chi connectivity index (χ3n) is 8.47. The number of hydrogen-bond donors (Lipinski definition) is 3. The van der Waals surface area contributed by atoms with Crippen LogP contribution in [0.25, 0.3) is 0 Å². The van der Waals surface area contributed by atoms with Crippen LogP contribution in [0.15, 0.2) is 60.7 Å². The highest BCUT2D eigenvalue weighted by Crippen LogP contribution is 2.63. The van der Waals surface area contributed by atoms with Crippen molar-refractivity contribution in [2.75, 3.05) is 6.61 Å². The Morgan fingerprint density at radius 2 is 1.64 bits per heavy atom. The number of benzene rings is 2. The Labute approximate surface area is 230 Å². The average Bonchev–Trinajstić information content (AvgIpc) is 3.47. The summed E-state index contributed by atoms with van der Waals surface area (Å²) in [7, 11) is 0. The zero-order valence-corrected chi connectivity index (χ0v) is 23.1. The molecular weight excluding hydrogens is 494 g/mol. The lowest BCUT2D eigenvalue weighted by atomic mass is 9.66. The highest BCUT2D eigenvalue weighted by Gasteiger charge is 2.78. The molecule has 3 heterocycles. The van der Waals surface area contributed by atoms with E-state index in [0.29, 0.717) is 25.8 Å². The first-order valence-corrected chi connectivity index (χ1v) is 13.8. The van der Waals surface area contributed by atoms with Crippen LogP contribution in [0, 0.1) is 11.8 Å². The number of nitrogens with one attached hydrogen (secondary N) is 2. The molecule has 0 aromatic heterocycles. The molecule has 2 aromatic carbocycles. The van der Waals surface area contributed by atoms with Crippen molar-refractivity contribution in [3.8, 4) is 0 Å². The summed E-state index contributed by atoms with van der Waals surface area (Å²) < 4.78 is 6.69. The molecule has 3 amide bonds. The van der Waals surface area contributed by atoms with Gasteiger partial charge < -0.3 is 25.4 Å². The number of aliphatic hydroxyl groups excluding tert-OH is 1. The van der Waals surface area contributed by atoms with Crippen LogP contribution in [0.3, 0.4) is 0 Å². The minimum atomic E-state index is -1.14. The van der Waals surface area contributed by atoms with Crippen LogP contribution in [0.2, 0.25) is 0 Å². The molecule has 8 nitrogen and oxygen atoms in total. The number of carbonyl (C=O) groups excluding carboxylic acids is 3. The summed E-state index contributed by atoms with van der Waals surface area (Å²) in [4.78, 5) is 43.5. The fraction of sp³-hybridized carbons (Fsp3) is 0.516. The molecule has 0 radical (unpaired) electrons. The highest BCUT2D eigenvalue weighted by molar-refractivity contribution is 5.99. The minimum Gasteiger partial charge on any atom is -0.394 e. The molecule has 2 aromatic rings. The first kappa shape index (κ1) is 27.3. The second kappa shape index (κ2) is 10.1. The van der Waals surface area contributed by atoms with Gasteiger partial charge >= 0.3 is 0 Å². The molecule has 3 N–H and O–H groups in total. The zero-order valence-electron chi connectivity index (χ0n) is 23.1. The van der Waals surface area contributed by atoms with Gasteiger partial charge in [-0.3, -0.25) is 14.4 Å². The maximum atomic E-state index is 14.3. The lowest BCUT2D eigenvalue weighted by Gasteiger charge is -2.38. The SMILES string of the molecule is CC(C)(C)NC(=O)C1N([C@@H](CO)Cc2ccccc2)C(=O)[C@@H]2[C@@H](C(=O)NCc3ccccc3)[C@@]3(C)CCC12O3. The molecule has 3 saturated heterocycles. The van der Waals surface area contributed by atoms with Crippen LogP contribution in [-0.4, -0.2) is 63.2 Å². The van der Waals surface area contributed by atoms with Crippen molar-refractivity contribution < 1.29 is 24.2 Å². The number of hydrogen-bond acceptors (Lipinski definition) is 5. The molecule has 0 aliphatic carbocycles. The Kier molecular flexibility index (Phi) is 7.06. The molecule has 1 spiro atoms. The van der Waals surface area contributed by atoms with Gasteiger partial charge in [-0.05, 0) is 58.1 Å². The fourth-order valence-electron chi connectivity index (χ4n) is 6.93. The van der Waals surface area contributed by atoms with Crippen molar-refractivity contribution in [1.29, 1.82) is 0 Å². The minimum absolute atomic E-state index is 0.248. The van der Waals surface area contributed by atoms with E-state index in [9.17, 15) is 19.5 Å². The van der Waals surface area contributed by atoms with Crippen LogP contribution in [-0.2, 0) is 32.1 Å². The molecule has 2 unspecified atom stereocenters. The van der Waals surface area contributed by atoms with Crippen molar-refractivity contribution in [3.63, 3.8) is 0 Å². The molecule has 5 rings (SSSR count). The fourth-order valence-corrected chi connectivity index (χ4v) is 6.93. The topological polar surface area (TPSA) is 108 Å². The molecule has 8 heteroatoms. The largest absolute Gasteiger partial charge is 0.394 e. The molecule has 39 heavy (non-hydrogen) atoms. The predicted molar refractivity (Wildman–Crippen MR) is 146 cm³/mol. The van der Waals surface area contributed by atoms with Crippen LogP contribution < -0.4 is 10.6 Å². The van der Waals surface area contributed by atoms with E-state index in [1.165, 1.54) is 4.90 Å². The Hall–Kier alpha value is -3.23. The predicted octanol–water partition coefficient (Wildman–Crippen LogP) is 2.59. The lowest BCUT2D eigenvalue weighted by molar-refractivity contribution is -0.150. The number of fused-ring (bicyclic) bond motifs is 1. The van der Waals surface area contributed by atoms with Gasteiger partial charge in [0.15, 0.2) is 0 Å². The van der Waals surface area contributed by atoms with E-state index in [1.807, 2.05) is 88.4 Å². The van der Waals surface area contributed by atoms with Gasteiger partial charge in [0.1, 0.15) is 11.6 Å². The highest BCUT2D eigenvalue weighted by atomic mass is 16.5. The summed E-state index contributed by atoms with van der Waals surface area (Å²) in [6, 6.07) is 17.6. The van der Waals surface area contributed by atoms with Crippen LogP contribution >= 0.6 is 0 Å². The quantitative estimate of drug-likeness (QED) is 0.484. The molecule has 208 valence electrons. The molecule has 3 aliphatic heterocycles. The summed E-state index contributed by atoms with van der Waals surface area (Å²) in [5.41, 5.74) is -0.633. The molecular formula is C31H39N3O5. The van der Waals surface area contributed by atoms with E-state index in [1.54, 1.807) is 0 Å². The maximum Gasteiger partial charge on any atom is 0.246 e. The zero-order chi connectivity index (χ0) is 28.0. The number of aliphatic hydroxyl groups is 1. The third kappa shape index (κ3) is 4.85. The van der Waals surface area contributed by atoms with E-state index in [0.717, 1.165) is 11.1 Å². The Bertz CT molecular complexity index is 1230. The molecule has 3 aliphatic rings.